The van der Waals surface area contributed by atoms with Gasteiger partial charge in [0, 0.05) is 54.0 Å². The number of likely N-dealkylation sites (N-methyl/N-ethyl adjacent to an activating group) is 1. The average Bonchev–Trinajstić information content (AvgIpc) is 2.97. The van der Waals surface area contributed by atoms with Crippen molar-refractivity contribution in [3.63, 3.8) is 0 Å². The monoisotopic (exact) mass is 516 g/mol. The van der Waals surface area contributed by atoms with E-state index < -0.39 is 28.6 Å². The molecule has 186 valence electrons. The van der Waals surface area contributed by atoms with E-state index in [4.69, 9.17) is 11.6 Å². The highest BCUT2D eigenvalue weighted by Gasteiger charge is 2.50. The molecule has 2 unspecified atom stereocenters. The van der Waals surface area contributed by atoms with Gasteiger partial charge < -0.3 is 20.2 Å². The molecular weight excluding hydrogens is 489 g/mol. The number of aromatic nitrogens is 1. The number of hydrogen-bond acceptors (Lipinski definition) is 6. The third-order valence-electron chi connectivity index (χ3n) is 5.60. The lowest BCUT2D eigenvalue weighted by Gasteiger charge is -2.31. The van der Waals surface area contributed by atoms with Crippen LogP contribution in [0.15, 0.2) is 42.1 Å². The van der Waals surface area contributed by atoms with Gasteiger partial charge in [-0.1, -0.05) is 18.5 Å². The van der Waals surface area contributed by atoms with Crippen molar-refractivity contribution < 1.29 is 23.1 Å². The lowest BCUT2D eigenvalue weighted by Crippen LogP contribution is -2.48. The maximum atomic E-state index is 13.5. The van der Waals surface area contributed by atoms with Gasteiger partial charge >= 0.3 is 6.18 Å². The maximum Gasteiger partial charge on any atom is 0.404 e. The van der Waals surface area contributed by atoms with Crippen molar-refractivity contribution in [3.8, 4) is 0 Å². The zero-order valence-electron chi connectivity index (χ0n) is 19.2. The number of carbonyl (C=O) groups is 1. The molecule has 1 amide bonds. The summed E-state index contributed by atoms with van der Waals surface area (Å²) in [4.78, 5) is 20.1. The van der Waals surface area contributed by atoms with Gasteiger partial charge in [0.05, 0.1) is 5.52 Å². The third-order valence-corrected chi connectivity index (χ3v) is 7.02. The molecule has 0 saturated heterocycles. The topological polar surface area (TPSA) is 68.7 Å². The van der Waals surface area contributed by atoms with Crippen molar-refractivity contribution in [2.75, 3.05) is 44.3 Å². The van der Waals surface area contributed by atoms with Gasteiger partial charge in [0.25, 0.3) is 5.91 Å². The minimum absolute atomic E-state index is 0.0976. The Balaban J connectivity index is 1.56. The molecule has 6 nitrogen and oxygen atoms in total. The van der Waals surface area contributed by atoms with Crippen LogP contribution in [0.1, 0.15) is 13.8 Å². The molecule has 2 heterocycles. The van der Waals surface area contributed by atoms with E-state index in [9.17, 15) is 23.1 Å². The molecule has 1 aromatic heterocycles. The Labute approximate surface area is 206 Å². The second-order valence-electron chi connectivity index (χ2n) is 8.28. The van der Waals surface area contributed by atoms with Crippen molar-refractivity contribution >= 4 is 45.9 Å². The molecule has 2 atom stereocenters. The SMILES string of the molecule is CCSC(C1=CC(C)(O)N(CCN(C)CCNc2ccnc3cc(Cl)ccc23)C1=O)C(F)(F)F. The summed E-state index contributed by atoms with van der Waals surface area (Å²) in [5.74, 6) is -0.575. The van der Waals surface area contributed by atoms with Gasteiger partial charge in [-0.05, 0) is 50.1 Å². The van der Waals surface area contributed by atoms with Crippen LogP contribution in [0.25, 0.3) is 10.9 Å². The van der Waals surface area contributed by atoms with E-state index in [0.717, 1.165) is 27.6 Å². The summed E-state index contributed by atoms with van der Waals surface area (Å²) in [6.45, 7) is 4.62. The summed E-state index contributed by atoms with van der Waals surface area (Å²) < 4.78 is 40.4. The van der Waals surface area contributed by atoms with Gasteiger partial charge in [-0.15, -0.1) is 11.8 Å². The average molecular weight is 517 g/mol. The Morgan fingerprint density at radius 2 is 2.06 bits per heavy atom. The summed E-state index contributed by atoms with van der Waals surface area (Å²) in [6.07, 6.45) is -1.83. The van der Waals surface area contributed by atoms with E-state index in [1.165, 1.54) is 6.92 Å². The van der Waals surface area contributed by atoms with E-state index >= 15 is 0 Å². The van der Waals surface area contributed by atoms with Crippen LogP contribution < -0.4 is 5.32 Å². The standard InChI is InChI=1S/C23H28ClF3N4O2S/c1-4-34-20(23(25,26)27)17-14-22(2,33)31(21(17)32)12-11-30(3)10-9-29-18-7-8-28-19-13-15(24)5-6-16(18)19/h5-8,13-14,20,33H,4,9-12H2,1-3H3,(H,28,29). The van der Waals surface area contributed by atoms with Crippen LogP contribution in [-0.2, 0) is 4.79 Å². The van der Waals surface area contributed by atoms with E-state index in [2.05, 4.69) is 10.3 Å². The summed E-state index contributed by atoms with van der Waals surface area (Å²) in [6, 6.07) is 7.35. The fourth-order valence-corrected chi connectivity index (χ4v) is 4.92. The van der Waals surface area contributed by atoms with Gasteiger partial charge in [0.15, 0.2) is 5.72 Å². The molecule has 0 saturated carbocycles. The van der Waals surface area contributed by atoms with E-state index in [-0.39, 0.29) is 12.3 Å². The molecule has 1 aliphatic rings. The summed E-state index contributed by atoms with van der Waals surface area (Å²) in [7, 11) is 1.85. The number of nitrogens with zero attached hydrogens (tertiary/aromatic N) is 3. The Bertz CT molecular complexity index is 1060. The van der Waals surface area contributed by atoms with Crippen molar-refractivity contribution in [1.29, 1.82) is 0 Å². The molecule has 2 N–H and O–H groups in total. The molecule has 3 rings (SSSR count). The van der Waals surface area contributed by atoms with Crippen LogP contribution in [0.3, 0.4) is 0 Å². The number of fused-ring (bicyclic) bond motifs is 1. The Morgan fingerprint density at radius 1 is 1.32 bits per heavy atom. The number of alkyl halides is 3. The summed E-state index contributed by atoms with van der Waals surface area (Å²) in [5, 5.41) is 13.6. The van der Waals surface area contributed by atoms with Crippen molar-refractivity contribution in [3.05, 3.63) is 47.1 Å². The van der Waals surface area contributed by atoms with Crippen molar-refractivity contribution in [1.82, 2.24) is 14.8 Å². The predicted molar refractivity (Wildman–Crippen MR) is 131 cm³/mol. The van der Waals surface area contributed by atoms with Crippen LogP contribution in [0.4, 0.5) is 18.9 Å². The normalized spacial score (nSPS) is 19.7. The lowest BCUT2D eigenvalue weighted by molar-refractivity contribution is -0.144. The van der Waals surface area contributed by atoms with Crippen molar-refractivity contribution in [2.45, 2.75) is 31.0 Å². The highest BCUT2D eigenvalue weighted by Crippen LogP contribution is 2.40. The smallest absolute Gasteiger partial charge is 0.383 e. The molecule has 0 fully saturated rings. The Kier molecular flexibility index (Phi) is 8.38. The minimum atomic E-state index is -4.57. The first-order valence-electron chi connectivity index (χ1n) is 10.9. The Morgan fingerprint density at radius 3 is 2.74 bits per heavy atom. The number of nitrogens with one attached hydrogen (secondary N) is 1. The minimum Gasteiger partial charge on any atom is -0.383 e. The van der Waals surface area contributed by atoms with Gasteiger partial charge in [-0.2, -0.15) is 13.2 Å². The van der Waals surface area contributed by atoms with Crippen LogP contribution in [0.5, 0.6) is 0 Å². The molecule has 1 aromatic carbocycles. The maximum absolute atomic E-state index is 13.5. The summed E-state index contributed by atoms with van der Waals surface area (Å²) in [5.41, 5.74) is -0.477. The summed E-state index contributed by atoms with van der Waals surface area (Å²) >= 11 is 6.67. The fourth-order valence-electron chi connectivity index (χ4n) is 3.88. The van der Waals surface area contributed by atoms with Crippen LogP contribution in [-0.4, -0.2) is 81.9 Å². The number of carbonyl (C=O) groups excluding carboxylic acids is 1. The molecule has 0 aliphatic carbocycles. The molecular formula is C23H28ClF3N4O2S. The zero-order valence-corrected chi connectivity index (χ0v) is 20.8. The largest absolute Gasteiger partial charge is 0.404 e. The number of thioether (sulfide) groups is 1. The number of halogens is 4. The fraction of sp³-hybridized carbons (Fsp3) is 0.478. The van der Waals surface area contributed by atoms with Gasteiger partial charge in [-0.3, -0.25) is 9.78 Å². The molecule has 1 aliphatic heterocycles. The number of aliphatic hydroxyl groups is 1. The predicted octanol–water partition coefficient (Wildman–Crippen LogP) is 4.39. The quantitative estimate of drug-likeness (QED) is 0.488. The number of rotatable bonds is 10. The number of benzene rings is 1. The van der Waals surface area contributed by atoms with Gasteiger partial charge in [-0.25, -0.2) is 0 Å². The second kappa shape index (κ2) is 10.7. The number of amides is 1. The molecule has 0 radical (unpaired) electrons. The third kappa shape index (κ3) is 6.16. The second-order valence-corrected chi connectivity index (χ2v) is 10.1. The molecule has 11 heteroatoms. The van der Waals surface area contributed by atoms with Crippen LogP contribution in [0.2, 0.25) is 5.02 Å². The first-order chi connectivity index (χ1) is 15.9. The molecule has 2 aromatic rings. The number of anilines is 1. The van der Waals surface area contributed by atoms with Gasteiger partial charge in [0.2, 0.25) is 0 Å². The highest BCUT2D eigenvalue weighted by molar-refractivity contribution is 8.00. The van der Waals surface area contributed by atoms with Crippen LogP contribution >= 0.6 is 23.4 Å². The highest BCUT2D eigenvalue weighted by atomic mass is 35.5. The van der Waals surface area contributed by atoms with E-state index in [1.54, 1.807) is 25.3 Å². The molecule has 0 bridgehead atoms. The molecule has 34 heavy (non-hydrogen) atoms. The number of hydrogen-bond donors (Lipinski definition) is 2. The van der Waals surface area contributed by atoms with Gasteiger partial charge in [0.1, 0.15) is 5.25 Å². The Hall–Kier alpha value is -2.01. The first kappa shape index (κ1) is 26.6. The zero-order chi connectivity index (χ0) is 25.1. The number of pyridine rings is 1. The lowest BCUT2D eigenvalue weighted by atomic mass is 10.1. The molecule has 0 spiro atoms. The van der Waals surface area contributed by atoms with Crippen LogP contribution in [0, 0.1) is 0 Å². The van der Waals surface area contributed by atoms with Crippen molar-refractivity contribution in [2.24, 2.45) is 0 Å². The van der Waals surface area contributed by atoms with E-state index in [0.29, 0.717) is 36.4 Å². The van der Waals surface area contributed by atoms with E-state index in [1.807, 2.05) is 24.1 Å². The first-order valence-corrected chi connectivity index (χ1v) is 12.3.